The van der Waals surface area contributed by atoms with Crippen LogP contribution in [0.5, 0.6) is 0 Å². The first kappa shape index (κ1) is 18.7. The zero-order valence-corrected chi connectivity index (χ0v) is 14.3. The molecule has 1 aromatic rings. The minimum Gasteiger partial charge on any atom is -0.344 e. The van der Waals surface area contributed by atoms with Crippen LogP contribution in [0.2, 0.25) is 5.02 Å². The van der Waals surface area contributed by atoms with E-state index in [-0.39, 0.29) is 36.6 Å². The van der Waals surface area contributed by atoms with Gasteiger partial charge in [-0.3, -0.25) is 9.59 Å². The Kier molecular flexibility index (Phi) is 7.13. The van der Waals surface area contributed by atoms with Crippen LogP contribution in [0, 0.1) is 5.92 Å². The van der Waals surface area contributed by atoms with Crippen molar-refractivity contribution in [3.63, 3.8) is 0 Å². The predicted octanol–water partition coefficient (Wildman–Crippen LogP) is 1.79. The lowest BCUT2D eigenvalue weighted by molar-refractivity contribution is -0.134. The number of amides is 2. The molecule has 5 nitrogen and oxygen atoms in total. The van der Waals surface area contributed by atoms with Crippen molar-refractivity contribution >= 4 is 41.5 Å². The quantitative estimate of drug-likeness (QED) is 0.885. The van der Waals surface area contributed by atoms with Crippen LogP contribution >= 0.6 is 24.0 Å². The molecule has 1 N–H and O–H groups in total. The van der Waals surface area contributed by atoms with Gasteiger partial charge in [0, 0.05) is 43.8 Å². The zero-order chi connectivity index (χ0) is 15.4. The highest BCUT2D eigenvalue weighted by Crippen LogP contribution is 2.27. The molecule has 0 radical (unpaired) electrons. The first-order valence-corrected chi connectivity index (χ1v) is 7.36. The Morgan fingerprint density at radius 1 is 1.41 bits per heavy atom. The molecule has 1 aromatic carbocycles. The highest BCUT2D eigenvalue weighted by Gasteiger charge is 2.36. The summed E-state index contributed by atoms with van der Waals surface area (Å²) in [5.41, 5.74) is 0.789. The number of hydrogen-bond donors (Lipinski definition) is 1. The molecule has 0 aliphatic carbocycles. The van der Waals surface area contributed by atoms with Gasteiger partial charge in [-0.15, -0.1) is 12.4 Å². The Hall–Kier alpha value is -1.30. The van der Waals surface area contributed by atoms with Gasteiger partial charge in [0.2, 0.25) is 11.8 Å². The molecular formula is C15H21Cl2N3O2. The summed E-state index contributed by atoms with van der Waals surface area (Å²) in [5.74, 6) is -0.261. The first-order chi connectivity index (χ1) is 10.0. The number of anilines is 1. The molecule has 1 saturated heterocycles. The number of likely N-dealkylation sites (N-methyl/N-ethyl adjacent to an activating group) is 2. The number of carbonyl (C=O) groups is 2. The van der Waals surface area contributed by atoms with Gasteiger partial charge in [-0.05, 0) is 31.3 Å². The minimum absolute atomic E-state index is 0. The van der Waals surface area contributed by atoms with Crippen LogP contribution in [0.1, 0.15) is 6.42 Å². The summed E-state index contributed by atoms with van der Waals surface area (Å²) >= 11 is 5.85. The maximum atomic E-state index is 12.3. The van der Waals surface area contributed by atoms with Crippen LogP contribution in [0.3, 0.4) is 0 Å². The van der Waals surface area contributed by atoms with Crippen molar-refractivity contribution in [1.29, 1.82) is 0 Å². The number of nitrogens with one attached hydrogen (secondary N) is 1. The van der Waals surface area contributed by atoms with Crippen molar-refractivity contribution in [2.75, 3.05) is 38.6 Å². The van der Waals surface area contributed by atoms with E-state index in [1.165, 1.54) is 0 Å². The largest absolute Gasteiger partial charge is 0.344 e. The number of carbonyl (C=O) groups excluding carboxylic acids is 2. The first-order valence-electron chi connectivity index (χ1n) is 6.98. The smallest absolute Gasteiger partial charge is 0.227 e. The molecule has 1 heterocycles. The molecule has 0 aromatic heterocycles. The molecule has 122 valence electrons. The molecule has 0 bridgehead atoms. The van der Waals surface area contributed by atoms with E-state index in [4.69, 9.17) is 11.6 Å². The van der Waals surface area contributed by atoms with E-state index in [1.54, 1.807) is 41.1 Å². The molecule has 1 fully saturated rings. The van der Waals surface area contributed by atoms with E-state index in [1.807, 2.05) is 7.05 Å². The van der Waals surface area contributed by atoms with E-state index in [0.717, 1.165) is 12.2 Å². The second kappa shape index (κ2) is 8.36. The van der Waals surface area contributed by atoms with Gasteiger partial charge in [-0.2, -0.15) is 0 Å². The monoisotopic (exact) mass is 345 g/mol. The van der Waals surface area contributed by atoms with Gasteiger partial charge >= 0.3 is 0 Å². The van der Waals surface area contributed by atoms with E-state index in [0.29, 0.717) is 18.1 Å². The highest BCUT2D eigenvalue weighted by molar-refractivity contribution is 6.30. The fourth-order valence-electron chi connectivity index (χ4n) is 2.44. The van der Waals surface area contributed by atoms with Gasteiger partial charge in [-0.25, -0.2) is 0 Å². The Morgan fingerprint density at radius 3 is 2.64 bits per heavy atom. The second-order valence-corrected chi connectivity index (χ2v) is 5.68. The fraction of sp³-hybridized carbons (Fsp3) is 0.467. The number of halogens is 2. The number of benzene rings is 1. The topological polar surface area (TPSA) is 52.7 Å². The Balaban J connectivity index is 0.00000242. The Bertz CT molecular complexity index is 522. The van der Waals surface area contributed by atoms with Crippen LogP contribution in [0.15, 0.2) is 24.3 Å². The molecule has 1 atom stereocenters. The zero-order valence-electron chi connectivity index (χ0n) is 12.7. The standard InChI is InChI=1S/C15H20ClN3O2.ClH/c1-17-7-8-18(2)15(21)11-9-14(20)19(10-11)13-5-3-12(16)4-6-13;/h3-6,11,17H,7-10H2,1-2H3;1H. The summed E-state index contributed by atoms with van der Waals surface area (Å²) in [6, 6.07) is 7.10. The van der Waals surface area contributed by atoms with E-state index in [9.17, 15) is 9.59 Å². The molecule has 0 saturated carbocycles. The maximum absolute atomic E-state index is 12.3. The van der Waals surface area contributed by atoms with Crippen LogP contribution in [0.25, 0.3) is 0 Å². The molecule has 0 spiro atoms. The lowest BCUT2D eigenvalue weighted by Crippen LogP contribution is -2.38. The number of nitrogens with zero attached hydrogens (tertiary/aromatic N) is 2. The molecule has 1 aliphatic rings. The van der Waals surface area contributed by atoms with E-state index < -0.39 is 0 Å². The molecular weight excluding hydrogens is 325 g/mol. The molecule has 1 unspecified atom stereocenters. The minimum atomic E-state index is -0.268. The predicted molar refractivity (Wildman–Crippen MR) is 90.7 cm³/mol. The van der Waals surface area contributed by atoms with Crippen LogP contribution in [0.4, 0.5) is 5.69 Å². The lowest BCUT2D eigenvalue weighted by Gasteiger charge is -2.21. The average Bonchev–Trinajstić information content (AvgIpc) is 2.86. The fourth-order valence-corrected chi connectivity index (χ4v) is 2.57. The SMILES string of the molecule is CNCCN(C)C(=O)C1CC(=O)N(c2ccc(Cl)cc2)C1.Cl. The van der Waals surface area contributed by atoms with Crippen molar-refractivity contribution < 1.29 is 9.59 Å². The lowest BCUT2D eigenvalue weighted by atomic mass is 10.1. The van der Waals surface area contributed by atoms with Gasteiger partial charge in [0.1, 0.15) is 0 Å². The summed E-state index contributed by atoms with van der Waals surface area (Å²) in [6.45, 7) is 1.81. The summed E-state index contributed by atoms with van der Waals surface area (Å²) in [6.07, 6.45) is 0.269. The van der Waals surface area contributed by atoms with Crippen molar-refractivity contribution in [2.24, 2.45) is 5.92 Å². The van der Waals surface area contributed by atoms with E-state index >= 15 is 0 Å². The summed E-state index contributed by atoms with van der Waals surface area (Å²) in [7, 11) is 3.62. The number of rotatable bonds is 5. The van der Waals surface area contributed by atoms with E-state index in [2.05, 4.69) is 5.32 Å². The van der Waals surface area contributed by atoms with Crippen LogP contribution < -0.4 is 10.2 Å². The van der Waals surface area contributed by atoms with Gasteiger partial charge in [0.15, 0.2) is 0 Å². The molecule has 2 amide bonds. The summed E-state index contributed by atoms with van der Waals surface area (Å²) in [5, 5.41) is 3.64. The van der Waals surface area contributed by atoms with Crippen molar-refractivity contribution in [2.45, 2.75) is 6.42 Å². The Labute approximate surface area is 142 Å². The van der Waals surface area contributed by atoms with Gasteiger partial charge < -0.3 is 15.1 Å². The normalized spacial score (nSPS) is 17.3. The third-order valence-corrected chi connectivity index (χ3v) is 3.94. The average molecular weight is 346 g/mol. The summed E-state index contributed by atoms with van der Waals surface area (Å²) < 4.78 is 0. The highest BCUT2D eigenvalue weighted by atomic mass is 35.5. The van der Waals surface area contributed by atoms with Crippen molar-refractivity contribution in [3.05, 3.63) is 29.3 Å². The van der Waals surface area contributed by atoms with Gasteiger partial charge in [0.25, 0.3) is 0 Å². The summed E-state index contributed by atoms with van der Waals surface area (Å²) in [4.78, 5) is 27.8. The number of hydrogen-bond acceptors (Lipinski definition) is 3. The Morgan fingerprint density at radius 2 is 2.05 bits per heavy atom. The van der Waals surface area contributed by atoms with Gasteiger partial charge in [-0.1, -0.05) is 11.6 Å². The molecule has 7 heteroatoms. The van der Waals surface area contributed by atoms with Gasteiger partial charge in [0.05, 0.1) is 5.92 Å². The third kappa shape index (κ3) is 4.35. The third-order valence-electron chi connectivity index (χ3n) is 3.69. The van der Waals surface area contributed by atoms with Crippen LogP contribution in [-0.2, 0) is 9.59 Å². The molecule has 1 aliphatic heterocycles. The molecule has 22 heavy (non-hydrogen) atoms. The second-order valence-electron chi connectivity index (χ2n) is 5.25. The van der Waals surface area contributed by atoms with Crippen molar-refractivity contribution in [1.82, 2.24) is 10.2 Å². The van der Waals surface area contributed by atoms with Crippen molar-refractivity contribution in [3.8, 4) is 0 Å². The van der Waals surface area contributed by atoms with Crippen LogP contribution in [-0.4, -0.2) is 50.4 Å². The maximum Gasteiger partial charge on any atom is 0.227 e. The molecule has 2 rings (SSSR count).